The third kappa shape index (κ3) is 79.3. The van der Waals surface area contributed by atoms with E-state index < -0.39 is 11.8 Å². The van der Waals surface area contributed by atoms with E-state index in [1.807, 2.05) is 30.6 Å². The molecule has 7 saturated heterocycles. The molecule has 143 heavy (non-hydrogen) atoms. The Morgan fingerprint density at radius 3 is 0.867 bits per heavy atom. The van der Waals surface area contributed by atoms with Crippen molar-refractivity contribution in [2.75, 3.05) is 192 Å². The van der Waals surface area contributed by atoms with E-state index in [0.717, 1.165) is 108 Å². The van der Waals surface area contributed by atoms with Crippen LogP contribution in [0.2, 0.25) is 0 Å². The molecule has 848 valence electrons. The number of piperazine rings is 1. The fraction of sp³-hybridized carbons (Fsp3) is 0.921. The fourth-order valence-electron chi connectivity index (χ4n) is 20.2. The average molecular weight is 2030 g/mol. The lowest BCUT2D eigenvalue weighted by Crippen LogP contribution is -2.47. The monoisotopic (exact) mass is 2030 g/mol. The average Bonchev–Trinajstić information content (AvgIpc) is 1.81. The number of alkyl halides is 4. The van der Waals surface area contributed by atoms with Crippen LogP contribution in [0.25, 0.3) is 0 Å². The van der Waals surface area contributed by atoms with Gasteiger partial charge in [0.1, 0.15) is 0 Å². The number of pyridine rings is 2. The molecule has 11 aliphatic rings. The summed E-state index contributed by atoms with van der Waals surface area (Å²) in [4.78, 5) is 27.7. The van der Waals surface area contributed by atoms with Gasteiger partial charge in [-0.05, 0) is 276 Å². The van der Waals surface area contributed by atoms with Crippen LogP contribution in [0.1, 0.15) is 456 Å². The summed E-state index contributed by atoms with van der Waals surface area (Å²) in [5.74, 6) is -0.361. The molecule has 0 N–H and O–H groups in total. The van der Waals surface area contributed by atoms with E-state index in [-0.39, 0.29) is 47.3 Å². The van der Waals surface area contributed by atoms with Gasteiger partial charge in [-0.1, -0.05) is 321 Å². The quantitative estimate of drug-likeness (QED) is 0.258. The zero-order valence-corrected chi connectivity index (χ0v) is 104. The first-order valence-corrected chi connectivity index (χ1v) is 58.0. The van der Waals surface area contributed by atoms with E-state index in [1.54, 1.807) is 6.20 Å². The Morgan fingerprint density at radius 2 is 0.608 bits per heavy atom. The Balaban J connectivity index is 0.00000152. The summed E-state index contributed by atoms with van der Waals surface area (Å²) < 4.78 is 66.9. The van der Waals surface area contributed by atoms with E-state index in [1.165, 1.54) is 200 Å². The van der Waals surface area contributed by atoms with E-state index in [2.05, 4.69) is 373 Å². The van der Waals surface area contributed by atoms with Crippen LogP contribution in [0.15, 0.2) is 48.9 Å². The number of ether oxygens (including phenoxy) is 3. The Morgan fingerprint density at radius 1 is 0.301 bits per heavy atom. The van der Waals surface area contributed by atoms with Gasteiger partial charge in [0.05, 0.1) is 26.4 Å². The Bertz CT molecular complexity index is 3200. The minimum Gasteiger partial charge on any atom is -0.381 e. The van der Waals surface area contributed by atoms with Crippen molar-refractivity contribution >= 4 is 0 Å². The second-order valence-electron chi connectivity index (χ2n) is 60.7. The molecule has 0 amide bonds. The van der Waals surface area contributed by atoms with E-state index >= 15 is 0 Å². The van der Waals surface area contributed by atoms with Crippen molar-refractivity contribution in [2.45, 2.75) is 473 Å². The third-order valence-corrected chi connectivity index (χ3v) is 28.7. The van der Waals surface area contributed by atoms with Gasteiger partial charge in [-0.15, -0.1) is 0 Å². The smallest absolute Gasteiger partial charge is 0.250 e. The second kappa shape index (κ2) is 66.0. The van der Waals surface area contributed by atoms with Crippen LogP contribution in [-0.4, -0.2) is 258 Å². The summed E-state index contributed by atoms with van der Waals surface area (Å²) in [7, 11) is 6.41. The molecule has 2 aromatic heterocycles. The maximum absolute atomic E-state index is 12.8. The van der Waals surface area contributed by atoms with E-state index in [0.29, 0.717) is 86.1 Å². The van der Waals surface area contributed by atoms with Crippen molar-refractivity contribution in [1.82, 2.24) is 49.2 Å². The number of piperidine rings is 2. The van der Waals surface area contributed by atoms with Crippen LogP contribution in [0, 0.1) is 89.2 Å². The van der Waals surface area contributed by atoms with Crippen molar-refractivity contribution in [2.24, 2.45) is 89.2 Å². The number of rotatable bonds is 6. The highest BCUT2D eigenvalue weighted by atomic mass is 19.3. The van der Waals surface area contributed by atoms with Crippen LogP contribution in [0.4, 0.5) is 17.6 Å². The predicted octanol–water partition coefficient (Wildman–Crippen LogP) is 33.1. The van der Waals surface area contributed by atoms with Crippen LogP contribution >= 0.6 is 0 Å². The van der Waals surface area contributed by atoms with Gasteiger partial charge in [0.25, 0.3) is 5.92 Å². The van der Waals surface area contributed by atoms with Crippen molar-refractivity contribution in [3.05, 3.63) is 60.2 Å². The molecular weight excluding hydrogens is 1780 g/mol. The standard InChI is InChI=1S/C10H19F2N.C10H18F2.C10H22N2.C10H21N.C10H20.C9H19NO.C9H13N.C9H19N.C9H13N.C9H18O.C9H18.C8H17NO.C7H17N.C7H14/c1-9(2,3)8-13-6-4-10(11,12)5-7-13;1-9(2,3)8-4-6-10(11,12)7-5-8;1-10(2,3)9-12-7-5-11(4)6-8-12;1-10(2,3)9-11-7-5-4-6-8-11;1-10(2,3)9-7-5-4-6-8-9;1-9(2,3)8-10-4-6-11-7-5-10;1-9(2,3)8-5-4-6-10-7-8;1-9(2,3)8-10-6-4-5-7-10;1-9(2,3)8-6-4-5-7-10-8;1-9(2,3)8-4-6-10-7-5-8;1-9(2,3)8-6-4-5-7-8;1-8(2,3)9-4-6-10-7-5-9;1-7(2,3)6-8(4)5;1-7(2,3)6-4-5-6/h4-8H2,1-3H3;8H,4-7H2,1-3H3;5-9H2,1-4H3;4-9H2,1-3H3;9H,4-8H2,1-3H3;4-8H2,1-3H3;4-7H,1-3H3;4-8H2,1-3H3;4-7H,1-3H3;8H,4-7H2,1-3H3;8H,4-7H2,1-3H3;4-7H2,1-3H3;6H2,1-5H3;6H,4-5H2,1-3H3. The van der Waals surface area contributed by atoms with Gasteiger partial charge in [0, 0.05) is 179 Å². The molecule has 4 saturated carbocycles. The van der Waals surface area contributed by atoms with Crippen LogP contribution in [-0.2, 0) is 25.0 Å². The van der Waals surface area contributed by atoms with E-state index in [4.69, 9.17) is 14.2 Å². The molecule has 13 nitrogen and oxygen atoms in total. The van der Waals surface area contributed by atoms with Crippen molar-refractivity contribution in [3.63, 3.8) is 0 Å². The number of hydrogen-bond acceptors (Lipinski definition) is 13. The normalized spacial score (nSPS) is 21.0. The minimum atomic E-state index is -2.41. The molecule has 2 aromatic rings. The number of likely N-dealkylation sites (tertiary alicyclic amines) is 3. The molecule has 13 rings (SSSR count). The molecule has 9 heterocycles. The number of nitrogens with zero attached hydrogens (tertiary/aromatic N) is 10. The van der Waals surface area contributed by atoms with Crippen LogP contribution in [0.5, 0.6) is 0 Å². The topological polar surface area (TPSA) is 79.4 Å². The first-order chi connectivity index (χ1) is 65.0. The number of halogens is 4. The SMILES string of the molecule is CC(C)(C)C1CC1.CC(C)(C)C1CCC(F)(F)CC1.CC(C)(C)C1CCCC1.CC(C)(C)C1CCCCC1.CC(C)(C)C1CCOCC1.CC(C)(C)CN1CCC(F)(F)CC1.CC(C)(C)CN1CCCC1.CC(C)(C)CN1CCCCC1.CC(C)(C)CN1CCOCC1.CC(C)(C)N1CCOCC1.CC(C)(C)c1ccccn1.CC(C)(C)c1cccnc1.CN(C)CC(C)(C)C.CN1CCN(CC(C)(C)C)CC1. The van der Waals surface area contributed by atoms with Gasteiger partial charge in [0.15, 0.2) is 0 Å². The third-order valence-electron chi connectivity index (χ3n) is 28.7. The molecular formula is C126H248F4N10O3. The molecule has 0 unspecified atom stereocenters. The molecule has 0 radical (unpaired) electrons. The summed E-state index contributed by atoms with van der Waals surface area (Å²) in [6.07, 6.45) is 33.0. The zero-order valence-electron chi connectivity index (χ0n) is 104. The lowest BCUT2D eigenvalue weighted by Gasteiger charge is -2.38. The van der Waals surface area contributed by atoms with Crippen molar-refractivity contribution < 1.29 is 31.8 Å². The van der Waals surface area contributed by atoms with Gasteiger partial charge >= 0.3 is 0 Å². The summed E-state index contributed by atoms with van der Waals surface area (Å²) in [5, 5.41) is 0. The molecule has 7 aliphatic heterocycles. The molecule has 0 atom stereocenters. The number of aromatic nitrogens is 2. The van der Waals surface area contributed by atoms with E-state index in [9.17, 15) is 17.6 Å². The largest absolute Gasteiger partial charge is 0.381 e. The maximum atomic E-state index is 12.8. The van der Waals surface area contributed by atoms with Gasteiger partial charge in [-0.2, -0.15) is 0 Å². The summed E-state index contributed by atoms with van der Waals surface area (Å²) >= 11 is 0. The molecule has 0 bridgehead atoms. The highest BCUT2D eigenvalue weighted by Crippen LogP contribution is 2.46. The van der Waals surface area contributed by atoms with Crippen molar-refractivity contribution in [1.29, 1.82) is 0 Å². The van der Waals surface area contributed by atoms with Crippen LogP contribution < -0.4 is 0 Å². The molecule has 17 heteroatoms. The van der Waals surface area contributed by atoms with Gasteiger partial charge < -0.3 is 43.6 Å². The summed E-state index contributed by atoms with van der Waals surface area (Å²) in [5.41, 5.74) is 8.15. The van der Waals surface area contributed by atoms with Crippen molar-refractivity contribution in [3.8, 4) is 0 Å². The second-order valence-corrected chi connectivity index (χ2v) is 60.7. The highest BCUT2D eigenvalue weighted by Gasteiger charge is 2.40. The van der Waals surface area contributed by atoms with Gasteiger partial charge in [0.2, 0.25) is 5.92 Å². The minimum absolute atomic E-state index is 0.0308. The number of likely N-dealkylation sites (N-methyl/N-ethyl adjacent to an activating group) is 1. The first-order valence-electron chi connectivity index (χ1n) is 58.0. The predicted molar refractivity (Wildman–Crippen MR) is 620 cm³/mol. The Hall–Kier alpha value is -2.42. The lowest BCUT2D eigenvalue weighted by molar-refractivity contribution is -0.0597. The Kier molecular flexibility index (Phi) is 64.9. The lowest BCUT2D eigenvalue weighted by atomic mass is 9.71. The zero-order chi connectivity index (χ0) is 110. The highest BCUT2D eigenvalue weighted by molar-refractivity contribution is 5.18. The number of hydrogen-bond donors (Lipinski definition) is 0. The number of morpholine rings is 2. The fourth-order valence-corrected chi connectivity index (χ4v) is 20.2. The summed E-state index contributed by atoms with van der Waals surface area (Å²) in [6, 6.07) is 10.1. The molecule has 4 aliphatic carbocycles. The summed E-state index contributed by atoms with van der Waals surface area (Å²) in [6.45, 7) is 124. The molecule has 11 fully saturated rings. The Labute approximate surface area is 889 Å². The molecule has 0 aromatic carbocycles. The molecule has 0 spiro atoms. The maximum Gasteiger partial charge on any atom is 0.250 e. The van der Waals surface area contributed by atoms with Crippen LogP contribution in [0.3, 0.4) is 0 Å². The first kappa shape index (κ1) is 141. The van der Waals surface area contributed by atoms with Gasteiger partial charge in [-0.3, -0.25) is 19.8 Å². The van der Waals surface area contributed by atoms with Gasteiger partial charge in [-0.25, -0.2) is 17.6 Å².